The average Bonchev–Trinajstić information content (AvgIpc) is 3.02. The first-order valence-corrected chi connectivity index (χ1v) is 9.52. The minimum absolute atomic E-state index is 0.0170. The lowest BCUT2D eigenvalue weighted by atomic mass is 9.98. The molecule has 1 aromatic heterocycles. The van der Waals surface area contributed by atoms with Crippen LogP contribution in [0.1, 0.15) is 20.8 Å². The maximum Gasteiger partial charge on any atom is 0.265 e. The third-order valence-corrected chi connectivity index (χ3v) is 6.40. The van der Waals surface area contributed by atoms with Crippen molar-refractivity contribution in [3.05, 3.63) is 57.4 Å². The molecule has 4 rings (SSSR count). The van der Waals surface area contributed by atoms with Crippen LogP contribution in [0.15, 0.2) is 36.4 Å². The SMILES string of the molecule is COc1cc2c(cc1OC)CN(C(=O)c1sc3ccccc3c1Cl)CC2. The van der Waals surface area contributed by atoms with Crippen molar-refractivity contribution in [1.29, 1.82) is 0 Å². The fourth-order valence-corrected chi connectivity index (χ4v) is 4.83. The van der Waals surface area contributed by atoms with Crippen molar-refractivity contribution >= 4 is 38.9 Å². The van der Waals surface area contributed by atoms with E-state index in [1.165, 1.54) is 16.9 Å². The van der Waals surface area contributed by atoms with Crippen molar-refractivity contribution in [3.8, 4) is 11.5 Å². The van der Waals surface area contributed by atoms with Crippen LogP contribution >= 0.6 is 22.9 Å². The van der Waals surface area contributed by atoms with Crippen LogP contribution in [-0.4, -0.2) is 31.6 Å². The molecular weight excluding hydrogens is 370 g/mol. The average molecular weight is 388 g/mol. The summed E-state index contributed by atoms with van der Waals surface area (Å²) in [6.07, 6.45) is 0.782. The molecule has 0 radical (unpaired) electrons. The standard InChI is InChI=1S/C20H18ClNO3S/c1-24-15-9-12-7-8-22(11-13(12)10-16(15)25-2)20(23)19-18(21)14-5-3-4-6-17(14)26-19/h3-6,9-10H,7-8,11H2,1-2H3. The van der Waals surface area contributed by atoms with Crippen molar-refractivity contribution < 1.29 is 14.3 Å². The van der Waals surface area contributed by atoms with Crippen LogP contribution in [0.25, 0.3) is 10.1 Å². The molecule has 0 fully saturated rings. The Morgan fingerprint density at radius 1 is 1.12 bits per heavy atom. The zero-order chi connectivity index (χ0) is 18.3. The van der Waals surface area contributed by atoms with Crippen molar-refractivity contribution in [1.82, 2.24) is 4.90 Å². The highest BCUT2D eigenvalue weighted by Gasteiger charge is 2.27. The predicted molar refractivity (Wildman–Crippen MR) is 105 cm³/mol. The van der Waals surface area contributed by atoms with E-state index in [-0.39, 0.29) is 5.91 Å². The van der Waals surface area contributed by atoms with Gasteiger partial charge in [-0.1, -0.05) is 29.8 Å². The van der Waals surface area contributed by atoms with E-state index >= 15 is 0 Å². The molecule has 0 atom stereocenters. The van der Waals surface area contributed by atoms with E-state index in [1.54, 1.807) is 14.2 Å². The summed E-state index contributed by atoms with van der Waals surface area (Å²) in [7, 11) is 3.25. The lowest BCUT2D eigenvalue weighted by Gasteiger charge is -2.29. The summed E-state index contributed by atoms with van der Waals surface area (Å²) >= 11 is 7.94. The Morgan fingerprint density at radius 3 is 2.50 bits per heavy atom. The fraction of sp³-hybridized carbons (Fsp3) is 0.250. The minimum Gasteiger partial charge on any atom is -0.493 e. The summed E-state index contributed by atoms with van der Waals surface area (Å²) in [4.78, 5) is 15.5. The van der Waals surface area contributed by atoms with Gasteiger partial charge in [0, 0.05) is 23.2 Å². The summed E-state index contributed by atoms with van der Waals surface area (Å²) in [5.41, 5.74) is 2.27. The Hall–Kier alpha value is -2.24. The number of nitrogens with zero attached hydrogens (tertiary/aromatic N) is 1. The summed E-state index contributed by atoms with van der Waals surface area (Å²) in [5, 5.41) is 1.49. The highest BCUT2D eigenvalue weighted by Crippen LogP contribution is 2.38. The quantitative estimate of drug-likeness (QED) is 0.649. The van der Waals surface area contributed by atoms with Crippen LogP contribution in [-0.2, 0) is 13.0 Å². The van der Waals surface area contributed by atoms with E-state index in [1.807, 2.05) is 41.3 Å². The van der Waals surface area contributed by atoms with Crippen LogP contribution in [0.3, 0.4) is 0 Å². The number of benzene rings is 2. The second kappa shape index (κ2) is 6.82. The first kappa shape index (κ1) is 17.2. The molecule has 0 bridgehead atoms. The van der Waals surface area contributed by atoms with Gasteiger partial charge in [-0.25, -0.2) is 0 Å². The molecule has 6 heteroatoms. The molecule has 1 aliphatic heterocycles. The van der Waals surface area contributed by atoms with Crippen LogP contribution in [0.2, 0.25) is 5.02 Å². The minimum atomic E-state index is -0.0170. The molecule has 3 aromatic rings. The van der Waals surface area contributed by atoms with Crippen LogP contribution in [0, 0.1) is 0 Å². The molecule has 0 unspecified atom stereocenters. The second-order valence-corrected chi connectivity index (χ2v) is 7.62. The number of rotatable bonds is 3. The van der Waals surface area contributed by atoms with Crippen LogP contribution < -0.4 is 9.47 Å². The topological polar surface area (TPSA) is 38.8 Å². The highest BCUT2D eigenvalue weighted by molar-refractivity contribution is 7.21. The first-order chi connectivity index (χ1) is 12.6. The van der Waals surface area contributed by atoms with Gasteiger partial charge in [-0.15, -0.1) is 11.3 Å². The zero-order valence-electron chi connectivity index (χ0n) is 14.5. The Labute approximate surface area is 160 Å². The van der Waals surface area contributed by atoms with E-state index < -0.39 is 0 Å². The Kier molecular flexibility index (Phi) is 4.51. The molecule has 0 saturated carbocycles. The molecule has 1 amide bonds. The van der Waals surface area contributed by atoms with Gasteiger partial charge in [0.1, 0.15) is 4.88 Å². The second-order valence-electron chi connectivity index (χ2n) is 6.19. The largest absolute Gasteiger partial charge is 0.493 e. The number of halogens is 1. The van der Waals surface area contributed by atoms with Crippen molar-refractivity contribution in [2.75, 3.05) is 20.8 Å². The molecular formula is C20H18ClNO3S. The predicted octanol–water partition coefficient (Wildman–Crippen LogP) is 4.77. The van der Waals surface area contributed by atoms with E-state index in [0.717, 1.165) is 27.8 Å². The van der Waals surface area contributed by atoms with Crippen molar-refractivity contribution in [3.63, 3.8) is 0 Å². The summed E-state index contributed by atoms with van der Waals surface area (Å²) in [5.74, 6) is 1.38. The molecule has 134 valence electrons. The molecule has 0 N–H and O–H groups in total. The van der Waals surface area contributed by atoms with Gasteiger partial charge in [0.15, 0.2) is 11.5 Å². The number of hydrogen-bond donors (Lipinski definition) is 0. The number of carbonyl (C=O) groups excluding carboxylic acids is 1. The van der Waals surface area contributed by atoms with Crippen LogP contribution in [0.4, 0.5) is 0 Å². The lowest BCUT2D eigenvalue weighted by Crippen LogP contribution is -2.35. The Bertz CT molecular complexity index is 998. The van der Waals surface area contributed by atoms with Gasteiger partial charge in [-0.3, -0.25) is 4.79 Å². The van der Waals surface area contributed by atoms with Gasteiger partial charge < -0.3 is 14.4 Å². The fourth-order valence-electron chi connectivity index (χ4n) is 3.35. The van der Waals surface area contributed by atoms with Gasteiger partial charge in [-0.2, -0.15) is 0 Å². The third-order valence-electron chi connectivity index (χ3n) is 4.73. The Morgan fingerprint density at radius 2 is 1.81 bits per heavy atom. The van der Waals surface area contributed by atoms with E-state index in [0.29, 0.717) is 28.7 Å². The number of methoxy groups -OCH3 is 2. The number of thiophene rings is 1. The molecule has 0 saturated heterocycles. The van der Waals surface area contributed by atoms with Gasteiger partial charge >= 0.3 is 0 Å². The number of hydrogen-bond acceptors (Lipinski definition) is 4. The molecule has 4 nitrogen and oxygen atoms in total. The van der Waals surface area contributed by atoms with Crippen LogP contribution in [0.5, 0.6) is 11.5 Å². The van der Waals surface area contributed by atoms with Crippen molar-refractivity contribution in [2.45, 2.75) is 13.0 Å². The molecule has 26 heavy (non-hydrogen) atoms. The maximum atomic E-state index is 13.1. The Balaban J connectivity index is 1.65. The summed E-state index contributed by atoms with van der Waals surface area (Å²) in [6, 6.07) is 11.8. The zero-order valence-corrected chi connectivity index (χ0v) is 16.1. The summed E-state index contributed by atoms with van der Waals surface area (Å²) < 4.78 is 11.8. The van der Waals surface area contributed by atoms with Gasteiger partial charge in [0.25, 0.3) is 5.91 Å². The van der Waals surface area contributed by atoms with Gasteiger partial charge in [-0.05, 0) is 35.7 Å². The number of amides is 1. The number of ether oxygens (including phenoxy) is 2. The molecule has 2 aromatic carbocycles. The van der Waals surface area contributed by atoms with E-state index in [4.69, 9.17) is 21.1 Å². The molecule has 1 aliphatic rings. The number of fused-ring (bicyclic) bond motifs is 2. The molecule has 0 spiro atoms. The summed E-state index contributed by atoms with van der Waals surface area (Å²) in [6.45, 7) is 1.20. The van der Waals surface area contributed by atoms with Gasteiger partial charge in [0.2, 0.25) is 0 Å². The van der Waals surface area contributed by atoms with Crippen molar-refractivity contribution in [2.24, 2.45) is 0 Å². The highest BCUT2D eigenvalue weighted by atomic mass is 35.5. The lowest BCUT2D eigenvalue weighted by molar-refractivity contribution is 0.0739. The van der Waals surface area contributed by atoms with Gasteiger partial charge in [0.05, 0.1) is 19.2 Å². The van der Waals surface area contributed by atoms with E-state index in [9.17, 15) is 4.79 Å². The van der Waals surface area contributed by atoms with E-state index in [2.05, 4.69) is 0 Å². The number of carbonyl (C=O) groups is 1. The first-order valence-electron chi connectivity index (χ1n) is 8.32. The monoisotopic (exact) mass is 387 g/mol. The smallest absolute Gasteiger partial charge is 0.265 e. The molecule has 0 aliphatic carbocycles. The third kappa shape index (κ3) is 2.81. The molecule has 2 heterocycles. The maximum absolute atomic E-state index is 13.1. The normalized spacial score (nSPS) is 13.6.